The summed E-state index contributed by atoms with van der Waals surface area (Å²) in [5, 5.41) is 9.57. The van der Waals surface area contributed by atoms with Crippen molar-refractivity contribution in [2.24, 2.45) is 0 Å². The number of carbonyl (C=O) groups excluding carboxylic acids is 1. The molecule has 2 aromatic rings. The summed E-state index contributed by atoms with van der Waals surface area (Å²) in [4.78, 5) is 17.9. The van der Waals surface area contributed by atoms with Crippen LogP contribution in [-0.2, 0) is 6.54 Å². The van der Waals surface area contributed by atoms with Gasteiger partial charge in [0.1, 0.15) is 12.4 Å². The maximum absolute atomic E-state index is 12.3. The van der Waals surface area contributed by atoms with Gasteiger partial charge in [-0.3, -0.25) is 9.36 Å². The van der Waals surface area contributed by atoms with Crippen LogP contribution in [0.2, 0.25) is 5.02 Å². The number of amides is 1. The molecule has 0 radical (unpaired) electrons. The van der Waals surface area contributed by atoms with Gasteiger partial charge in [0, 0.05) is 12.1 Å². The summed E-state index contributed by atoms with van der Waals surface area (Å²) in [6.45, 7) is 0.341. The summed E-state index contributed by atoms with van der Waals surface area (Å²) in [5.74, 6) is -0.120. The summed E-state index contributed by atoms with van der Waals surface area (Å²) >= 11 is 5.95. The Hall–Kier alpha value is -2.32. The van der Waals surface area contributed by atoms with Crippen LogP contribution in [0.5, 0.6) is 0 Å². The van der Waals surface area contributed by atoms with Crippen molar-refractivity contribution in [1.29, 1.82) is 5.26 Å². The quantitative estimate of drug-likeness (QED) is 0.737. The minimum atomic E-state index is -0.120. The van der Waals surface area contributed by atoms with E-state index in [9.17, 15) is 4.79 Å². The number of benzene rings is 1. The van der Waals surface area contributed by atoms with Gasteiger partial charge in [-0.1, -0.05) is 11.6 Å². The fourth-order valence-corrected chi connectivity index (χ4v) is 2.39. The summed E-state index contributed by atoms with van der Waals surface area (Å²) in [5.41, 5.74) is 2.25. The van der Waals surface area contributed by atoms with Crippen molar-refractivity contribution in [2.45, 2.75) is 6.54 Å². The van der Waals surface area contributed by atoms with E-state index in [1.807, 2.05) is 6.07 Å². The number of hydrogen-bond donors (Lipinski definition) is 0. The van der Waals surface area contributed by atoms with Gasteiger partial charge in [0.25, 0.3) is 5.91 Å². The molecular weight excluding hydrogens is 264 g/mol. The molecule has 0 aliphatic carbocycles. The zero-order chi connectivity index (χ0) is 13.6. The zero-order valence-corrected chi connectivity index (χ0v) is 10.8. The van der Waals surface area contributed by atoms with E-state index in [2.05, 4.69) is 4.98 Å². The smallest absolute Gasteiger partial charge is 0.256 e. The summed E-state index contributed by atoms with van der Waals surface area (Å²) in [6.07, 6.45) is 1.56. The van der Waals surface area contributed by atoms with E-state index in [4.69, 9.17) is 16.9 Å². The molecule has 1 aromatic heterocycles. The van der Waals surface area contributed by atoms with Gasteiger partial charge in [0.05, 0.1) is 23.5 Å². The number of aromatic nitrogens is 2. The number of halogens is 1. The van der Waals surface area contributed by atoms with Crippen LogP contribution in [0.3, 0.4) is 0 Å². The molecule has 0 spiro atoms. The highest BCUT2D eigenvalue weighted by Gasteiger charge is 2.26. The van der Waals surface area contributed by atoms with E-state index in [0.29, 0.717) is 34.2 Å². The van der Waals surface area contributed by atoms with Crippen LogP contribution in [0.15, 0.2) is 24.5 Å². The number of carbonyl (C=O) groups is 1. The molecule has 0 unspecified atom stereocenters. The van der Waals surface area contributed by atoms with Crippen molar-refractivity contribution < 1.29 is 4.79 Å². The molecule has 0 atom stereocenters. The van der Waals surface area contributed by atoms with Gasteiger partial charge >= 0.3 is 0 Å². The second-order valence-corrected chi connectivity index (χ2v) is 4.78. The molecule has 1 amide bonds. The van der Waals surface area contributed by atoms with Crippen LogP contribution in [0.1, 0.15) is 21.7 Å². The molecule has 2 heterocycles. The van der Waals surface area contributed by atoms with Gasteiger partial charge in [-0.2, -0.15) is 5.26 Å². The number of fused-ring (bicyclic) bond motifs is 3. The molecule has 0 saturated heterocycles. The highest BCUT2D eigenvalue weighted by Crippen LogP contribution is 2.27. The Morgan fingerprint density at radius 3 is 3.00 bits per heavy atom. The average molecular weight is 273 g/mol. The molecule has 1 aliphatic heterocycles. The third-order valence-corrected chi connectivity index (χ3v) is 3.39. The minimum Gasteiger partial charge on any atom is -0.336 e. The fraction of sp³-hybridized carbons (Fsp3) is 0.154. The van der Waals surface area contributed by atoms with E-state index in [1.54, 1.807) is 41.0 Å². The number of hydrogen-bond acceptors (Lipinski definition) is 3. The maximum atomic E-state index is 12.3. The standard InChI is InChI=1S/C13H9ClN4O/c1-17-6-12-10(5-15)16-7-18(12)11-3-2-8(14)4-9(11)13(17)19/h2-4,7H,6H2,1H3. The Kier molecular flexibility index (Phi) is 2.54. The molecule has 5 nitrogen and oxygen atoms in total. The Morgan fingerprint density at radius 2 is 2.26 bits per heavy atom. The second kappa shape index (κ2) is 4.11. The SMILES string of the molecule is CN1Cc2c(C#N)ncn2-c2ccc(Cl)cc2C1=O. The van der Waals surface area contributed by atoms with Crippen molar-refractivity contribution in [1.82, 2.24) is 14.5 Å². The number of rotatable bonds is 0. The Bertz CT molecular complexity index is 729. The summed E-state index contributed by atoms with van der Waals surface area (Å²) in [7, 11) is 1.69. The van der Waals surface area contributed by atoms with Crippen LogP contribution in [0.4, 0.5) is 0 Å². The first kappa shape index (κ1) is 11.8. The Morgan fingerprint density at radius 1 is 1.47 bits per heavy atom. The first-order valence-electron chi connectivity index (χ1n) is 5.63. The summed E-state index contributed by atoms with van der Waals surface area (Å²) in [6, 6.07) is 7.16. The number of nitriles is 1. The van der Waals surface area contributed by atoms with Gasteiger partial charge < -0.3 is 4.90 Å². The van der Waals surface area contributed by atoms with Crippen LogP contribution >= 0.6 is 11.6 Å². The topological polar surface area (TPSA) is 61.9 Å². The molecule has 0 fully saturated rings. The maximum Gasteiger partial charge on any atom is 0.256 e. The number of imidazole rings is 1. The van der Waals surface area contributed by atoms with Gasteiger partial charge in [-0.05, 0) is 18.2 Å². The summed E-state index contributed by atoms with van der Waals surface area (Å²) < 4.78 is 1.77. The van der Waals surface area contributed by atoms with Crippen molar-refractivity contribution in [3.63, 3.8) is 0 Å². The third kappa shape index (κ3) is 1.69. The predicted molar refractivity (Wildman–Crippen MR) is 69.1 cm³/mol. The highest BCUT2D eigenvalue weighted by atomic mass is 35.5. The van der Waals surface area contributed by atoms with E-state index in [1.165, 1.54) is 0 Å². The van der Waals surface area contributed by atoms with E-state index in [-0.39, 0.29) is 5.91 Å². The monoisotopic (exact) mass is 272 g/mol. The first-order valence-corrected chi connectivity index (χ1v) is 6.01. The lowest BCUT2D eigenvalue weighted by atomic mass is 10.1. The lowest BCUT2D eigenvalue weighted by molar-refractivity contribution is 0.0788. The number of nitrogens with zero attached hydrogens (tertiary/aromatic N) is 4. The minimum absolute atomic E-state index is 0.120. The fourth-order valence-electron chi connectivity index (χ4n) is 2.22. The Labute approximate surface area is 114 Å². The highest BCUT2D eigenvalue weighted by molar-refractivity contribution is 6.31. The molecule has 0 bridgehead atoms. The third-order valence-electron chi connectivity index (χ3n) is 3.15. The van der Waals surface area contributed by atoms with Crippen LogP contribution < -0.4 is 0 Å². The molecule has 6 heteroatoms. The molecule has 94 valence electrons. The molecule has 0 N–H and O–H groups in total. The first-order chi connectivity index (χ1) is 9.11. The van der Waals surface area contributed by atoms with Crippen LogP contribution in [0.25, 0.3) is 5.69 Å². The molecule has 1 aromatic carbocycles. The Balaban J connectivity index is 2.33. The average Bonchev–Trinajstić information content (AvgIpc) is 2.76. The van der Waals surface area contributed by atoms with Crippen LogP contribution in [-0.4, -0.2) is 27.4 Å². The van der Waals surface area contributed by atoms with Crippen molar-refractivity contribution in [3.05, 3.63) is 46.5 Å². The van der Waals surface area contributed by atoms with Gasteiger partial charge in [-0.25, -0.2) is 4.98 Å². The second-order valence-electron chi connectivity index (χ2n) is 4.34. The molecule has 19 heavy (non-hydrogen) atoms. The predicted octanol–water partition coefficient (Wildman–Crippen LogP) is 1.98. The lowest BCUT2D eigenvalue weighted by Gasteiger charge is -2.13. The molecule has 1 aliphatic rings. The van der Waals surface area contributed by atoms with Gasteiger partial charge in [0.15, 0.2) is 5.69 Å². The van der Waals surface area contributed by atoms with Crippen molar-refractivity contribution >= 4 is 17.5 Å². The van der Waals surface area contributed by atoms with E-state index < -0.39 is 0 Å². The molecular formula is C13H9ClN4O. The van der Waals surface area contributed by atoms with Gasteiger partial charge in [-0.15, -0.1) is 0 Å². The van der Waals surface area contributed by atoms with Gasteiger partial charge in [0.2, 0.25) is 0 Å². The molecule has 3 rings (SSSR count). The largest absolute Gasteiger partial charge is 0.336 e. The molecule has 0 saturated carbocycles. The lowest BCUT2D eigenvalue weighted by Crippen LogP contribution is -2.25. The van der Waals surface area contributed by atoms with E-state index in [0.717, 1.165) is 0 Å². The van der Waals surface area contributed by atoms with Crippen molar-refractivity contribution in [3.8, 4) is 11.8 Å². The van der Waals surface area contributed by atoms with Crippen molar-refractivity contribution in [2.75, 3.05) is 7.05 Å². The van der Waals surface area contributed by atoms with E-state index >= 15 is 0 Å². The zero-order valence-electron chi connectivity index (χ0n) is 10.1. The normalized spacial score (nSPS) is 13.5. The van der Waals surface area contributed by atoms with Crippen LogP contribution in [0, 0.1) is 11.3 Å².